The minimum absolute atomic E-state index is 0.204. The smallest absolute Gasteiger partial charge is 0.411 e. The van der Waals surface area contributed by atoms with E-state index >= 15 is 0 Å². The predicted octanol–water partition coefficient (Wildman–Crippen LogP) is 3.90. The summed E-state index contributed by atoms with van der Waals surface area (Å²) in [7, 11) is 1.53. The number of fused-ring (bicyclic) bond motifs is 1. The number of nitrogens with zero attached hydrogens (tertiary/aromatic N) is 8. The molecular weight excluding hydrogens is 562 g/mol. The molecule has 0 radical (unpaired) electrons. The van der Waals surface area contributed by atoms with Crippen molar-refractivity contribution in [3.63, 3.8) is 0 Å². The Labute approximate surface area is 244 Å². The van der Waals surface area contributed by atoms with Gasteiger partial charge in [0.25, 0.3) is 5.56 Å². The molecule has 42 heavy (non-hydrogen) atoms. The molecule has 0 saturated carbocycles. The highest BCUT2D eigenvalue weighted by molar-refractivity contribution is 6.31. The van der Waals surface area contributed by atoms with Gasteiger partial charge >= 0.3 is 6.09 Å². The number of hydrogen-bond acceptors (Lipinski definition) is 8. The molecule has 0 spiro atoms. The fraction of sp³-hybridized carbons (Fsp3) is 0.250. The minimum Gasteiger partial charge on any atom is -0.465 e. The molecule has 13 nitrogen and oxygen atoms in total. The van der Waals surface area contributed by atoms with Crippen molar-refractivity contribution in [2.24, 2.45) is 0 Å². The normalized spacial score (nSPS) is 14.2. The Balaban J connectivity index is 1.31. The number of imidazole rings is 1. The Kier molecular flexibility index (Phi) is 7.27. The van der Waals surface area contributed by atoms with Crippen molar-refractivity contribution in [1.29, 1.82) is 0 Å². The van der Waals surface area contributed by atoms with Crippen LogP contribution in [0.1, 0.15) is 29.8 Å². The van der Waals surface area contributed by atoms with Crippen LogP contribution in [-0.2, 0) is 11.2 Å². The zero-order valence-electron chi connectivity index (χ0n) is 22.7. The standard InChI is InChI=1S/C28H26ClN9O4/c1-16-26(17-3-6-19(7-4-17)36(28(40)41)11-12-42-2)33-27(31-16)23-9-10-24-32-21(14-25(39)38(23)24)20-13-18(29)5-8-22(20)37-15-30-34-35-37/h3-8,13-15,23H,9-12H2,1-2H3,(H,31,33)(H,40,41)/t23-/m0/s1. The summed E-state index contributed by atoms with van der Waals surface area (Å²) in [5, 5.41) is 21.5. The molecule has 5 aromatic rings. The van der Waals surface area contributed by atoms with Crippen LogP contribution in [0.5, 0.6) is 0 Å². The summed E-state index contributed by atoms with van der Waals surface area (Å²) < 4.78 is 8.21. The van der Waals surface area contributed by atoms with E-state index in [0.29, 0.717) is 52.1 Å². The van der Waals surface area contributed by atoms with Crippen molar-refractivity contribution in [2.75, 3.05) is 25.2 Å². The summed E-state index contributed by atoms with van der Waals surface area (Å²) in [6, 6.07) is 13.6. The second-order valence-electron chi connectivity index (χ2n) is 9.81. The van der Waals surface area contributed by atoms with Crippen LogP contribution in [0.25, 0.3) is 28.2 Å². The predicted molar refractivity (Wildman–Crippen MR) is 154 cm³/mol. The lowest BCUT2D eigenvalue weighted by atomic mass is 10.1. The highest BCUT2D eigenvalue weighted by Gasteiger charge is 2.30. The third-order valence-electron chi connectivity index (χ3n) is 7.23. The number of tetrazole rings is 1. The molecule has 2 aromatic carbocycles. The molecule has 3 aromatic heterocycles. The molecule has 0 unspecified atom stereocenters. The lowest BCUT2D eigenvalue weighted by molar-refractivity contribution is 0.186. The first kappa shape index (κ1) is 27.3. The maximum absolute atomic E-state index is 13.5. The van der Waals surface area contributed by atoms with Crippen molar-refractivity contribution in [1.82, 2.24) is 39.7 Å². The molecule has 0 aliphatic carbocycles. The number of aromatic nitrogens is 8. The fourth-order valence-electron chi connectivity index (χ4n) is 5.26. The molecule has 0 fully saturated rings. The molecule has 6 rings (SSSR count). The molecule has 214 valence electrons. The summed E-state index contributed by atoms with van der Waals surface area (Å²) in [5.41, 5.74) is 4.50. The second kappa shape index (κ2) is 11.2. The Morgan fingerprint density at radius 3 is 2.71 bits per heavy atom. The van der Waals surface area contributed by atoms with E-state index in [9.17, 15) is 14.7 Å². The lowest BCUT2D eigenvalue weighted by Crippen LogP contribution is -2.32. The van der Waals surface area contributed by atoms with E-state index < -0.39 is 6.09 Å². The number of benzene rings is 2. The first-order valence-electron chi connectivity index (χ1n) is 13.2. The quantitative estimate of drug-likeness (QED) is 0.275. The fourth-order valence-corrected chi connectivity index (χ4v) is 5.44. The second-order valence-corrected chi connectivity index (χ2v) is 10.2. The van der Waals surface area contributed by atoms with Gasteiger partial charge in [0.15, 0.2) is 0 Å². The van der Waals surface area contributed by atoms with Gasteiger partial charge in [-0.3, -0.25) is 14.3 Å². The first-order valence-corrected chi connectivity index (χ1v) is 13.5. The zero-order valence-corrected chi connectivity index (χ0v) is 23.5. The van der Waals surface area contributed by atoms with Gasteiger partial charge in [0.05, 0.1) is 36.3 Å². The van der Waals surface area contributed by atoms with E-state index in [1.807, 2.05) is 19.1 Å². The maximum Gasteiger partial charge on any atom is 0.411 e. The third-order valence-corrected chi connectivity index (χ3v) is 7.46. The lowest BCUT2D eigenvalue weighted by Gasteiger charge is -2.19. The Bertz CT molecular complexity index is 1820. The molecule has 14 heteroatoms. The maximum atomic E-state index is 13.5. The van der Waals surface area contributed by atoms with Gasteiger partial charge in [0.2, 0.25) is 0 Å². The summed E-state index contributed by atoms with van der Waals surface area (Å²) in [6.45, 7) is 2.42. The number of carboxylic acid groups (broad SMARTS) is 1. The number of nitrogens with one attached hydrogen (secondary N) is 1. The van der Waals surface area contributed by atoms with Crippen LogP contribution >= 0.6 is 11.6 Å². The van der Waals surface area contributed by atoms with Crippen molar-refractivity contribution < 1.29 is 14.6 Å². The number of amides is 1. The van der Waals surface area contributed by atoms with E-state index in [4.69, 9.17) is 26.3 Å². The first-order chi connectivity index (χ1) is 20.3. The number of anilines is 1. The van der Waals surface area contributed by atoms with Gasteiger partial charge < -0.3 is 14.8 Å². The number of ether oxygens (including phenoxy) is 1. The number of aryl methyl sites for hydroxylation is 2. The molecular formula is C28H26ClN9O4. The highest BCUT2D eigenvalue weighted by atomic mass is 35.5. The third kappa shape index (κ3) is 5.03. The van der Waals surface area contributed by atoms with Gasteiger partial charge in [0.1, 0.15) is 18.0 Å². The number of aromatic amines is 1. The van der Waals surface area contributed by atoms with E-state index in [1.54, 1.807) is 34.9 Å². The van der Waals surface area contributed by atoms with Gasteiger partial charge in [0, 0.05) is 47.1 Å². The number of methoxy groups -OCH3 is 1. The topological polar surface area (TPSA) is 157 Å². The molecule has 0 bridgehead atoms. The van der Waals surface area contributed by atoms with Crippen molar-refractivity contribution >= 4 is 23.4 Å². The Morgan fingerprint density at radius 1 is 1.19 bits per heavy atom. The van der Waals surface area contributed by atoms with Gasteiger partial charge in [-0.05, 0) is 54.1 Å². The van der Waals surface area contributed by atoms with Crippen LogP contribution in [0.15, 0.2) is 59.7 Å². The average Bonchev–Trinajstić information content (AvgIpc) is 3.74. The van der Waals surface area contributed by atoms with Crippen LogP contribution in [0.4, 0.5) is 10.5 Å². The number of halogens is 1. The summed E-state index contributed by atoms with van der Waals surface area (Å²) in [6.07, 6.45) is 1.66. The molecule has 2 N–H and O–H groups in total. The van der Waals surface area contributed by atoms with E-state index in [2.05, 4.69) is 20.5 Å². The molecule has 1 atom stereocenters. The van der Waals surface area contributed by atoms with Crippen LogP contribution in [0.3, 0.4) is 0 Å². The van der Waals surface area contributed by atoms with Crippen LogP contribution in [0, 0.1) is 6.92 Å². The largest absolute Gasteiger partial charge is 0.465 e. The number of carbonyl (C=O) groups is 1. The Morgan fingerprint density at radius 2 is 2.00 bits per heavy atom. The minimum atomic E-state index is -1.05. The zero-order chi connectivity index (χ0) is 29.4. The summed E-state index contributed by atoms with van der Waals surface area (Å²) >= 11 is 6.30. The number of H-pyrrole nitrogens is 1. The molecule has 1 aliphatic rings. The summed E-state index contributed by atoms with van der Waals surface area (Å²) in [4.78, 5) is 39.5. The molecule has 1 aliphatic heterocycles. The highest BCUT2D eigenvalue weighted by Crippen LogP contribution is 2.33. The van der Waals surface area contributed by atoms with Gasteiger partial charge in [-0.2, -0.15) is 4.68 Å². The number of hydrogen-bond donors (Lipinski definition) is 2. The molecule has 0 saturated heterocycles. The van der Waals surface area contributed by atoms with Crippen molar-refractivity contribution in [3.05, 3.63) is 87.6 Å². The van der Waals surface area contributed by atoms with Gasteiger partial charge in [-0.25, -0.2) is 14.8 Å². The van der Waals surface area contributed by atoms with E-state index in [0.717, 1.165) is 17.0 Å². The SMILES string of the molecule is COCCN(C(=O)O)c1ccc(-c2nc([C@@H]3CCc4nc(-c5cc(Cl)ccc5-n5cnnn5)cc(=O)n43)[nH]c2C)cc1. The van der Waals surface area contributed by atoms with Crippen LogP contribution < -0.4 is 10.5 Å². The van der Waals surface area contributed by atoms with E-state index in [-0.39, 0.29) is 24.8 Å². The van der Waals surface area contributed by atoms with Crippen molar-refractivity contribution in [3.8, 4) is 28.2 Å². The molecule has 4 heterocycles. The number of rotatable bonds is 8. The van der Waals surface area contributed by atoms with E-state index in [1.165, 1.54) is 29.1 Å². The summed E-state index contributed by atoms with van der Waals surface area (Å²) in [5.74, 6) is 1.31. The average molecular weight is 588 g/mol. The van der Waals surface area contributed by atoms with Gasteiger partial charge in [-0.1, -0.05) is 23.7 Å². The van der Waals surface area contributed by atoms with Crippen LogP contribution in [-0.4, -0.2) is 71.2 Å². The van der Waals surface area contributed by atoms with Crippen molar-refractivity contribution in [2.45, 2.75) is 25.8 Å². The van der Waals surface area contributed by atoms with Gasteiger partial charge in [-0.15, -0.1) is 5.10 Å². The van der Waals surface area contributed by atoms with Crippen LogP contribution in [0.2, 0.25) is 5.02 Å². The Hall–Kier alpha value is -4.88. The molecule has 1 amide bonds. The monoisotopic (exact) mass is 587 g/mol.